The van der Waals surface area contributed by atoms with Gasteiger partial charge in [0.25, 0.3) is 0 Å². The molecular formula is C19H22F3N3O. The van der Waals surface area contributed by atoms with Gasteiger partial charge in [-0.2, -0.15) is 13.2 Å². The number of imidazole rings is 1. The summed E-state index contributed by atoms with van der Waals surface area (Å²) in [5.41, 5.74) is 2.29. The Labute approximate surface area is 149 Å². The fraction of sp³-hybridized carbons (Fsp3) is 0.579. The van der Waals surface area contributed by atoms with Crippen molar-refractivity contribution in [3.05, 3.63) is 24.0 Å². The van der Waals surface area contributed by atoms with Crippen molar-refractivity contribution >= 4 is 22.6 Å². The van der Waals surface area contributed by atoms with Crippen LogP contribution in [0.4, 0.5) is 18.9 Å². The van der Waals surface area contributed by atoms with Gasteiger partial charge in [0.15, 0.2) is 0 Å². The first-order chi connectivity index (χ1) is 12.4. The van der Waals surface area contributed by atoms with Gasteiger partial charge in [0.1, 0.15) is 5.82 Å². The minimum Gasteiger partial charge on any atom is -0.342 e. The first kappa shape index (κ1) is 17.4. The molecule has 0 radical (unpaired) electrons. The van der Waals surface area contributed by atoms with Crippen LogP contribution in [0.15, 0.2) is 18.2 Å². The number of hydrogen-bond donors (Lipinski definition) is 2. The van der Waals surface area contributed by atoms with Crippen molar-refractivity contribution in [2.24, 2.45) is 11.8 Å². The number of anilines is 1. The summed E-state index contributed by atoms with van der Waals surface area (Å²) in [6.45, 7) is 0. The third kappa shape index (κ3) is 3.44. The summed E-state index contributed by atoms with van der Waals surface area (Å²) < 4.78 is 38.8. The summed E-state index contributed by atoms with van der Waals surface area (Å²) in [4.78, 5) is 20.3. The highest BCUT2D eigenvalue weighted by Crippen LogP contribution is 2.40. The lowest BCUT2D eigenvalue weighted by molar-refractivity contribution is -0.185. The summed E-state index contributed by atoms with van der Waals surface area (Å²) in [6.07, 6.45) is 0.250. The molecule has 0 bridgehead atoms. The lowest BCUT2D eigenvalue weighted by Crippen LogP contribution is -2.34. The Morgan fingerprint density at radius 1 is 1.15 bits per heavy atom. The van der Waals surface area contributed by atoms with Crippen LogP contribution in [0, 0.1) is 11.8 Å². The van der Waals surface area contributed by atoms with Gasteiger partial charge in [0.2, 0.25) is 5.91 Å². The number of aromatic amines is 1. The molecular weight excluding hydrogens is 343 g/mol. The van der Waals surface area contributed by atoms with E-state index in [0.717, 1.165) is 29.7 Å². The highest BCUT2D eigenvalue weighted by atomic mass is 19.4. The van der Waals surface area contributed by atoms with E-state index in [9.17, 15) is 18.0 Å². The maximum atomic E-state index is 12.9. The number of H-pyrrole nitrogens is 1. The highest BCUT2D eigenvalue weighted by molar-refractivity contribution is 5.94. The molecule has 1 heterocycles. The second-order valence-electron chi connectivity index (χ2n) is 7.57. The number of hydrogen-bond acceptors (Lipinski definition) is 2. The first-order valence-corrected chi connectivity index (χ1v) is 9.27. The zero-order valence-electron chi connectivity index (χ0n) is 14.4. The zero-order valence-corrected chi connectivity index (χ0v) is 14.4. The summed E-state index contributed by atoms with van der Waals surface area (Å²) in [7, 11) is 0. The predicted octanol–water partition coefficient (Wildman–Crippen LogP) is 5.14. The van der Waals surface area contributed by atoms with Gasteiger partial charge in [0.05, 0.1) is 17.0 Å². The predicted molar refractivity (Wildman–Crippen MR) is 92.8 cm³/mol. The third-order valence-corrected chi connectivity index (χ3v) is 5.77. The maximum Gasteiger partial charge on any atom is 0.391 e. The van der Waals surface area contributed by atoms with Crippen LogP contribution < -0.4 is 5.32 Å². The van der Waals surface area contributed by atoms with Crippen LogP contribution >= 0.6 is 0 Å². The highest BCUT2D eigenvalue weighted by Gasteiger charge is 2.43. The second kappa shape index (κ2) is 6.59. The van der Waals surface area contributed by atoms with Crippen molar-refractivity contribution in [3.63, 3.8) is 0 Å². The summed E-state index contributed by atoms with van der Waals surface area (Å²) in [5, 5.41) is 2.79. The van der Waals surface area contributed by atoms with Gasteiger partial charge < -0.3 is 10.3 Å². The molecule has 2 aliphatic carbocycles. The number of amides is 1. The molecule has 2 N–H and O–H groups in total. The molecule has 2 saturated carbocycles. The molecule has 2 fully saturated rings. The van der Waals surface area contributed by atoms with E-state index >= 15 is 0 Å². The van der Waals surface area contributed by atoms with E-state index in [-0.39, 0.29) is 18.7 Å². The Morgan fingerprint density at radius 3 is 2.62 bits per heavy atom. The molecule has 140 valence electrons. The third-order valence-electron chi connectivity index (χ3n) is 5.77. The van der Waals surface area contributed by atoms with Crippen LogP contribution in [0.5, 0.6) is 0 Å². The molecule has 4 nitrogen and oxygen atoms in total. The maximum absolute atomic E-state index is 12.9. The molecule has 2 aromatic rings. The van der Waals surface area contributed by atoms with Crippen LogP contribution in [0.2, 0.25) is 0 Å². The van der Waals surface area contributed by atoms with E-state index in [4.69, 9.17) is 0 Å². The van der Waals surface area contributed by atoms with E-state index in [1.165, 1.54) is 6.42 Å². The average Bonchev–Trinajstić information content (AvgIpc) is 2.95. The minimum absolute atomic E-state index is 0.118. The Bertz CT molecular complexity index is 810. The average molecular weight is 365 g/mol. The van der Waals surface area contributed by atoms with Crippen molar-refractivity contribution in [1.82, 2.24) is 9.97 Å². The first-order valence-electron chi connectivity index (χ1n) is 9.27. The number of carbonyl (C=O) groups excluding carboxylic acids is 1. The Kier molecular flexibility index (Phi) is 4.40. The fourth-order valence-electron chi connectivity index (χ4n) is 3.95. The number of alkyl halides is 3. The van der Waals surface area contributed by atoms with E-state index in [2.05, 4.69) is 15.3 Å². The molecule has 26 heavy (non-hydrogen) atoms. The van der Waals surface area contributed by atoms with Crippen molar-refractivity contribution in [3.8, 4) is 0 Å². The van der Waals surface area contributed by atoms with Crippen molar-refractivity contribution in [2.75, 3.05) is 5.32 Å². The van der Waals surface area contributed by atoms with E-state index < -0.39 is 18.0 Å². The van der Waals surface area contributed by atoms with Crippen LogP contribution in [-0.2, 0) is 4.79 Å². The van der Waals surface area contributed by atoms with Gasteiger partial charge in [-0.15, -0.1) is 0 Å². The van der Waals surface area contributed by atoms with Gasteiger partial charge in [0, 0.05) is 17.5 Å². The van der Waals surface area contributed by atoms with Crippen molar-refractivity contribution in [2.45, 2.75) is 57.0 Å². The van der Waals surface area contributed by atoms with Gasteiger partial charge in [-0.3, -0.25) is 4.79 Å². The molecule has 1 aromatic carbocycles. The number of nitrogens with one attached hydrogen (secondary N) is 2. The molecule has 7 heteroatoms. The van der Waals surface area contributed by atoms with E-state index in [1.54, 1.807) is 6.07 Å². The molecule has 0 aliphatic heterocycles. The van der Waals surface area contributed by atoms with E-state index in [1.807, 2.05) is 12.1 Å². The number of aromatic nitrogens is 2. The van der Waals surface area contributed by atoms with E-state index in [0.29, 0.717) is 24.4 Å². The van der Waals surface area contributed by atoms with Crippen LogP contribution in [-0.4, -0.2) is 22.1 Å². The molecule has 1 amide bonds. The molecule has 2 unspecified atom stereocenters. The Morgan fingerprint density at radius 2 is 1.92 bits per heavy atom. The fourth-order valence-corrected chi connectivity index (χ4v) is 3.95. The SMILES string of the molecule is O=C(Nc1ccc2nc(C3CCC3)[nH]c2c1)C1CCCC(C(F)(F)F)C1. The normalized spacial score (nSPS) is 24.4. The number of nitrogens with zero attached hydrogens (tertiary/aromatic N) is 1. The topological polar surface area (TPSA) is 57.8 Å². The summed E-state index contributed by atoms with van der Waals surface area (Å²) in [5.74, 6) is -0.806. The smallest absolute Gasteiger partial charge is 0.342 e. The number of fused-ring (bicyclic) bond motifs is 1. The lowest BCUT2D eigenvalue weighted by Gasteiger charge is -2.29. The minimum atomic E-state index is -4.22. The van der Waals surface area contributed by atoms with Crippen molar-refractivity contribution < 1.29 is 18.0 Å². The molecule has 1 aromatic heterocycles. The second-order valence-corrected chi connectivity index (χ2v) is 7.57. The molecule has 0 spiro atoms. The van der Waals surface area contributed by atoms with Gasteiger partial charge in [-0.05, 0) is 50.3 Å². The van der Waals surface area contributed by atoms with Crippen LogP contribution in [0.3, 0.4) is 0 Å². The number of halogens is 3. The molecule has 4 rings (SSSR count). The number of carbonyl (C=O) groups is 1. The van der Waals surface area contributed by atoms with Gasteiger partial charge in [-0.25, -0.2) is 4.98 Å². The summed E-state index contributed by atoms with van der Waals surface area (Å²) in [6, 6.07) is 5.41. The van der Waals surface area contributed by atoms with Gasteiger partial charge >= 0.3 is 6.18 Å². The number of rotatable bonds is 3. The molecule has 0 saturated heterocycles. The monoisotopic (exact) mass is 365 g/mol. The van der Waals surface area contributed by atoms with Crippen LogP contribution in [0.25, 0.3) is 11.0 Å². The largest absolute Gasteiger partial charge is 0.391 e. The Hall–Kier alpha value is -2.05. The lowest BCUT2D eigenvalue weighted by atomic mass is 9.80. The van der Waals surface area contributed by atoms with Crippen molar-refractivity contribution in [1.29, 1.82) is 0 Å². The summed E-state index contributed by atoms with van der Waals surface area (Å²) >= 11 is 0. The molecule has 2 atom stereocenters. The quantitative estimate of drug-likeness (QED) is 0.791. The van der Waals surface area contributed by atoms with Gasteiger partial charge in [-0.1, -0.05) is 12.8 Å². The molecule has 2 aliphatic rings. The van der Waals surface area contributed by atoms with Crippen LogP contribution in [0.1, 0.15) is 56.7 Å². The standard InChI is InChI=1S/C19H22F3N3O/c20-19(21,22)13-6-2-5-12(9-13)18(26)23-14-7-8-15-16(10-14)25-17(24-15)11-3-1-4-11/h7-8,10-13H,1-6,9H2,(H,23,26)(H,24,25). The number of benzene rings is 1. The zero-order chi connectivity index (χ0) is 18.3. The Balaban J connectivity index is 1.45.